The van der Waals surface area contributed by atoms with Gasteiger partial charge in [0.05, 0.1) is 12.8 Å². The third-order valence-corrected chi connectivity index (χ3v) is 3.44. The molecule has 25 heavy (non-hydrogen) atoms. The van der Waals surface area contributed by atoms with E-state index in [2.05, 4.69) is 24.7 Å². The Kier molecular flexibility index (Phi) is 3.87. The van der Waals surface area contributed by atoms with Crippen molar-refractivity contribution in [1.82, 2.24) is 19.9 Å². The molecule has 5 nitrogen and oxygen atoms in total. The van der Waals surface area contributed by atoms with E-state index in [0.29, 0.717) is 11.4 Å². The molecule has 0 radical (unpaired) electrons. The molecule has 0 spiro atoms. The number of ether oxygens (including phenoxy) is 1. The van der Waals surface area contributed by atoms with Crippen LogP contribution in [0.25, 0.3) is 22.4 Å². The van der Waals surface area contributed by atoms with Crippen LogP contribution in [-0.2, 0) is 0 Å². The fraction of sp³-hybridized carbons (Fsp3) is 0.200. The van der Waals surface area contributed by atoms with Crippen molar-refractivity contribution in [3.8, 4) is 17.0 Å². The first-order chi connectivity index (χ1) is 12.1. The molecule has 2 heterocycles. The minimum atomic E-state index is -5.05. The third-order valence-electron chi connectivity index (χ3n) is 3.27. The molecule has 3 aromatic rings. The van der Waals surface area contributed by atoms with Crippen molar-refractivity contribution >= 4 is 22.8 Å². The van der Waals surface area contributed by atoms with Crippen LogP contribution in [0.3, 0.4) is 0 Å². The summed E-state index contributed by atoms with van der Waals surface area (Å²) in [6.45, 7) is 3.37. The van der Waals surface area contributed by atoms with Gasteiger partial charge in [0.15, 0.2) is 5.65 Å². The summed E-state index contributed by atoms with van der Waals surface area (Å²) in [4.78, 5) is 16.3. The van der Waals surface area contributed by atoms with E-state index in [0.717, 1.165) is 12.1 Å². The normalized spacial score (nSPS) is 12.4. The Morgan fingerprint density at radius 2 is 1.76 bits per heavy atom. The molecule has 0 unspecified atom stereocenters. The number of aryl methyl sites for hydroxylation is 2. The highest BCUT2D eigenvalue weighted by atomic mass is 35.5. The molecular weight excluding hydrogens is 364 g/mol. The second-order valence-electron chi connectivity index (χ2n) is 5.01. The van der Waals surface area contributed by atoms with E-state index < -0.39 is 24.0 Å². The summed E-state index contributed by atoms with van der Waals surface area (Å²) in [5.41, 5.74) is 0.975. The van der Waals surface area contributed by atoms with E-state index in [1.54, 1.807) is 13.8 Å². The maximum atomic E-state index is 14.6. The maximum Gasteiger partial charge on any atom is 0.573 e. The van der Waals surface area contributed by atoms with Crippen LogP contribution in [-0.4, -0.2) is 26.3 Å². The lowest BCUT2D eigenvalue weighted by molar-refractivity contribution is -0.274. The van der Waals surface area contributed by atoms with E-state index in [1.165, 1.54) is 0 Å². The zero-order chi connectivity index (χ0) is 19.2. The van der Waals surface area contributed by atoms with Gasteiger partial charge in [-0.05, 0) is 37.6 Å². The number of halogens is 5. The standard InChI is InChI=1S/C15H9ClF4N4O/c1-6-7(2)22-13-12(21-6)11(23-14(16)24-13)9-4-3-8(5-10(9)17)25-15(18,19)20/h3-5H,1-2H3/i5D. The average molecular weight is 374 g/mol. The van der Waals surface area contributed by atoms with E-state index in [-0.39, 0.29) is 27.7 Å². The van der Waals surface area contributed by atoms with Gasteiger partial charge in [0.25, 0.3) is 0 Å². The molecule has 0 saturated carbocycles. The molecular formula is C15H9ClF4N4O. The Hall–Kier alpha value is -2.55. The minimum Gasteiger partial charge on any atom is -0.406 e. The topological polar surface area (TPSA) is 60.8 Å². The summed E-state index contributed by atoms with van der Waals surface area (Å²) in [6, 6.07) is 0.757. The Bertz CT molecular complexity index is 1030. The lowest BCUT2D eigenvalue weighted by atomic mass is 10.1. The van der Waals surface area contributed by atoms with Gasteiger partial charge >= 0.3 is 6.36 Å². The summed E-state index contributed by atoms with van der Waals surface area (Å²) in [7, 11) is 0. The molecule has 130 valence electrons. The minimum absolute atomic E-state index is 0.0832. The summed E-state index contributed by atoms with van der Waals surface area (Å²) in [5, 5.41) is -0.244. The van der Waals surface area contributed by atoms with E-state index in [9.17, 15) is 17.6 Å². The van der Waals surface area contributed by atoms with Gasteiger partial charge in [-0.25, -0.2) is 19.3 Å². The number of nitrogens with zero attached hydrogens (tertiary/aromatic N) is 4. The molecule has 0 amide bonds. The predicted molar refractivity (Wildman–Crippen MR) is 81.7 cm³/mol. The van der Waals surface area contributed by atoms with Crippen LogP contribution in [0.1, 0.15) is 12.8 Å². The van der Waals surface area contributed by atoms with Gasteiger partial charge in [0.2, 0.25) is 5.28 Å². The van der Waals surface area contributed by atoms with Gasteiger partial charge < -0.3 is 4.74 Å². The number of benzene rings is 1. The smallest absolute Gasteiger partial charge is 0.406 e. The Labute approximate surface area is 145 Å². The lowest BCUT2D eigenvalue weighted by Gasteiger charge is -2.11. The second kappa shape index (κ2) is 6.07. The van der Waals surface area contributed by atoms with Crippen LogP contribution in [0.4, 0.5) is 17.6 Å². The predicted octanol–water partition coefficient (Wildman–Crippen LogP) is 4.39. The zero-order valence-corrected chi connectivity index (χ0v) is 13.5. The second-order valence-corrected chi connectivity index (χ2v) is 5.34. The van der Waals surface area contributed by atoms with E-state index in [1.807, 2.05) is 0 Å². The van der Waals surface area contributed by atoms with Gasteiger partial charge in [0, 0.05) is 11.6 Å². The van der Waals surface area contributed by atoms with Crippen molar-refractivity contribution in [2.24, 2.45) is 0 Å². The number of aromatic nitrogens is 4. The van der Waals surface area contributed by atoms with Gasteiger partial charge in [-0.15, -0.1) is 13.2 Å². The lowest BCUT2D eigenvalue weighted by Crippen LogP contribution is -2.17. The van der Waals surface area contributed by atoms with Crippen molar-refractivity contribution in [1.29, 1.82) is 0 Å². The quantitative estimate of drug-likeness (QED) is 0.492. The highest BCUT2D eigenvalue weighted by molar-refractivity contribution is 6.28. The fourth-order valence-electron chi connectivity index (χ4n) is 2.09. The van der Waals surface area contributed by atoms with Crippen LogP contribution >= 0.6 is 11.6 Å². The number of hydrogen-bond acceptors (Lipinski definition) is 5. The van der Waals surface area contributed by atoms with Gasteiger partial charge in [-0.3, -0.25) is 0 Å². The first-order valence-electron chi connectivity index (χ1n) is 7.30. The summed E-state index contributed by atoms with van der Waals surface area (Å²) in [5.74, 6) is -2.23. The molecule has 3 rings (SSSR count). The highest BCUT2D eigenvalue weighted by Crippen LogP contribution is 2.31. The number of fused-ring (bicyclic) bond motifs is 1. The zero-order valence-electron chi connectivity index (χ0n) is 13.7. The SMILES string of the molecule is [2H]c1c(OC(F)(F)F)ccc(-c2nc(Cl)nc3nc(C)c(C)nc23)c1F. The van der Waals surface area contributed by atoms with Crippen LogP contribution in [0.5, 0.6) is 5.75 Å². The third kappa shape index (κ3) is 3.60. The molecule has 0 aliphatic carbocycles. The Morgan fingerprint density at radius 1 is 1.08 bits per heavy atom. The van der Waals surface area contributed by atoms with Crippen molar-refractivity contribution in [3.05, 3.63) is 40.7 Å². The summed E-state index contributed by atoms with van der Waals surface area (Å²) < 4.78 is 62.8. The van der Waals surface area contributed by atoms with Gasteiger partial charge in [-0.2, -0.15) is 4.98 Å². The number of rotatable bonds is 2. The van der Waals surface area contributed by atoms with E-state index in [4.69, 9.17) is 13.0 Å². The van der Waals surface area contributed by atoms with Crippen molar-refractivity contribution in [2.75, 3.05) is 0 Å². The molecule has 0 N–H and O–H groups in total. The van der Waals surface area contributed by atoms with E-state index >= 15 is 0 Å². The maximum absolute atomic E-state index is 14.6. The molecule has 0 fully saturated rings. The van der Waals surface area contributed by atoms with Crippen LogP contribution in [0.15, 0.2) is 18.2 Å². The Morgan fingerprint density at radius 3 is 2.44 bits per heavy atom. The molecule has 0 bridgehead atoms. The van der Waals surface area contributed by atoms with Crippen LogP contribution in [0, 0.1) is 19.7 Å². The van der Waals surface area contributed by atoms with Crippen LogP contribution in [0.2, 0.25) is 5.28 Å². The largest absolute Gasteiger partial charge is 0.573 e. The van der Waals surface area contributed by atoms with Crippen LogP contribution < -0.4 is 4.74 Å². The first kappa shape index (κ1) is 15.9. The van der Waals surface area contributed by atoms with Crippen molar-refractivity contribution < 1.29 is 23.7 Å². The van der Waals surface area contributed by atoms with Gasteiger partial charge in [0.1, 0.15) is 22.8 Å². The monoisotopic (exact) mass is 373 g/mol. The summed E-state index contributed by atoms with van der Waals surface area (Å²) in [6.07, 6.45) is -5.05. The molecule has 2 aromatic heterocycles. The van der Waals surface area contributed by atoms with Crippen molar-refractivity contribution in [2.45, 2.75) is 20.2 Å². The molecule has 0 saturated heterocycles. The van der Waals surface area contributed by atoms with Gasteiger partial charge in [-0.1, -0.05) is 0 Å². The Balaban J connectivity index is 2.24. The van der Waals surface area contributed by atoms with Crippen molar-refractivity contribution in [3.63, 3.8) is 0 Å². The molecule has 10 heteroatoms. The molecule has 0 aliphatic rings. The first-order valence-corrected chi connectivity index (χ1v) is 7.18. The number of hydrogen-bond donors (Lipinski definition) is 0. The average Bonchev–Trinajstić information content (AvgIpc) is 2.52. The highest BCUT2D eigenvalue weighted by Gasteiger charge is 2.31. The fourth-order valence-corrected chi connectivity index (χ4v) is 2.25. The summed E-state index contributed by atoms with van der Waals surface area (Å²) >= 11 is 5.84. The molecule has 1 aromatic carbocycles. The molecule has 0 atom stereocenters. The molecule has 0 aliphatic heterocycles. The number of alkyl halides is 3.